The van der Waals surface area contributed by atoms with Crippen LogP contribution in [0.2, 0.25) is 0 Å². The molecule has 1 N–H and O–H groups in total. The number of pyridine rings is 1. The second kappa shape index (κ2) is 9.01. The topological polar surface area (TPSA) is 68.8 Å². The van der Waals surface area contributed by atoms with E-state index in [1.165, 1.54) is 24.3 Å². The average molecular weight is 386 g/mol. The van der Waals surface area contributed by atoms with Gasteiger partial charge in [0, 0.05) is 39.0 Å². The van der Waals surface area contributed by atoms with E-state index >= 15 is 0 Å². The molecule has 4 rings (SSSR count). The number of anilines is 2. The molecule has 152 valence electrons. The van der Waals surface area contributed by atoms with Crippen LogP contribution in [-0.4, -0.2) is 67.5 Å². The zero-order valence-electron chi connectivity index (χ0n) is 16.6. The molecule has 3 aliphatic heterocycles. The molecule has 2 amide bonds. The molecule has 0 bridgehead atoms. The summed E-state index contributed by atoms with van der Waals surface area (Å²) in [5.41, 5.74) is 0.598. The number of nitrogens with one attached hydrogen (secondary N) is 1. The largest absolute Gasteiger partial charge is 0.355 e. The van der Waals surface area contributed by atoms with E-state index < -0.39 is 0 Å². The van der Waals surface area contributed by atoms with E-state index in [-0.39, 0.29) is 11.8 Å². The molecule has 0 saturated carbocycles. The van der Waals surface area contributed by atoms with Gasteiger partial charge in [0.05, 0.1) is 11.9 Å². The summed E-state index contributed by atoms with van der Waals surface area (Å²) in [6.07, 6.45) is 6.92. The highest BCUT2D eigenvalue weighted by Gasteiger charge is 2.28. The Morgan fingerprint density at radius 3 is 2.46 bits per heavy atom. The summed E-state index contributed by atoms with van der Waals surface area (Å²) >= 11 is 0. The lowest BCUT2D eigenvalue weighted by Gasteiger charge is -2.29. The third-order valence-corrected chi connectivity index (χ3v) is 6.16. The molecule has 1 aromatic heterocycles. The standard InChI is InChI=1S/C21H31N5O2/c27-20-3-1-4-21(28)26(20)18-5-6-19(23-15-18)25-12-2-11-24(13-14-25)16-17-7-9-22-10-8-17/h5-6,15,17,22H,1-4,7-14,16H2. The van der Waals surface area contributed by atoms with Crippen LogP contribution in [0.25, 0.3) is 0 Å². The van der Waals surface area contributed by atoms with Gasteiger partial charge in [-0.3, -0.25) is 9.59 Å². The molecule has 0 radical (unpaired) electrons. The van der Waals surface area contributed by atoms with Crippen LogP contribution in [0.5, 0.6) is 0 Å². The first-order chi connectivity index (χ1) is 13.7. The average Bonchev–Trinajstić information content (AvgIpc) is 2.95. The number of piperidine rings is 2. The Bertz CT molecular complexity index is 671. The zero-order valence-corrected chi connectivity index (χ0v) is 16.6. The van der Waals surface area contributed by atoms with Crippen molar-refractivity contribution < 1.29 is 9.59 Å². The SMILES string of the molecule is O=C1CCCC(=O)N1c1ccc(N2CCCN(CC3CCNCC3)CC2)nc1. The highest BCUT2D eigenvalue weighted by molar-refractivity contribution is 6.16. The molecule has 0 atom stereocenters. The van der Waals surface area contributed by atoms with Crippen molar-refractivity contribution in [3.05, 3.63) is 18.3 Å². The zero-order chi connectivity index (χ0) is 19.3. The van der Waals surface area contributed by atoms with Crippen molar-refractivity contribution in [2.45, 2.75) is 38.5 Å². The van der Waals surface area contributed by atoms with Crippen molar-refractivity contribution in [3.8, 4) is 0 Å². The van der Waals surface area contributed by atoms with Crippen LogP contribution in [0.3, 0.4) is 0 Å². The minimum atomic E-state index is -0.117. The van der Waals surface area contributed by atoms with Crippen molar-refractivity contribution in [1.82, 2.24) is 15.2 Å². The minimum Gasteiger partial charge on any atom is -0.355 e. The lowest BCUT2D eigenvalue weighted by molar-refractivity contribution is -0.129. The number of hydrogen-bond acceptors (Lipinski definition) is 6. The van der Waals surface area contributed by atoms with Crippen LogP contribution < -0.4 is 15.1 Å². The summed E-state index contributed by atoms with van der Waals surface area (Å²) in [7, 11) is 0. The van der Waals surface area contributed by atoms with Crippen molar-refractivity contribution in [2.75, 3.05) is 55.6 Å². The van der Waals surface area contributed by atoms with Gasteiger partial charge in [0.15, 0.2) is 0 Å². The van der Waals surface area contributed by atoms with Gasteiger partial charge in [0.25, 0.3) is 0 Å². The maximum Gasteiger partial charge on any atom is 0.233 e. The summed E-state index contributed by atoms with van der Waals surface area (Å²) in [6.45, 7) is 7.70. The number of carbonyl (C=O) groups is 2. The fourth-order valence-corrected chi connectivity index (χ4v) is 4.55. The van der Waals surface area contributed by atoms with Crippen LogP contribution in [-0.2, 0) is 9.59 Å². The van der Waals surface area contributed by atoms with Crippen molar-refractivity contribution in [3.63, 3.8) is 0 Å². The lowest BCUT2D eigenvalue weighted by atomic mass is 9.97. The van der Waals surface area contributed by atoms with E-state index in [2.05, 4.69) is 20.1 Å². The fourth-order valence-electron chi connectivity index (χ4n) is 4.55. The molecule has 3 aliphatic rings. The first-order valence-electron chi connectivity index (χ1n) is 10.7. The highest BCUT2D eigenvalue weighted by Crippen LogP contribution is 2.24. The maximum atomic E-state index is 12.1. The Balaban J connectivity index is 1.35. The number of aromatic nitrogens is 1. The highest BCUT2D eigenvalue weighted by atomic mass is 16.2. The van der Waals surface area contributed by atoms with Gasteiger partial charge in [0.2, 0.25) is 11.8 Å². The van der Waals surface area contributed by atoms with E-state index in [1.807, 2.05) is 12.1 Å². The van der Waals surface area contributed by atoms with E-state index in [4.69, 9.17) is 0 Å². The van der Waals surface area contributed by atoms with Gasteiger partial charge in [-0.25, -0.2) is 9.88 Å². The number of rotatable bonds is 4. The van der Waals surface area contributed by atoms with E-state index in [0.717, 1.165) is 57.4 Å². The molecule has 4 heterocycles. The number of hydrogen-bond donors (Lipinski definition) is 1. The van der Waals surface area contributed by atoms with Crippen molar-refractivity contribution >= 4 is 23.3 Å². The van der Waals surface area contributed by atoms with Crippen molar-refractivity contribution in [1.29, 1.82) is 0 Å². The molecular weight excluding hydrogens is 354 g/mol. The van der Waals surface area contributed by atoms with E-state index in [0.29, 0.717) is 24.9 Å². The summed E-state index contributed by atoms with van der Waals surface area (Å²) in [6, 6.07) is 3.81. The molecule has 0 aliphatic carbocycles. The molecule has 7 nitrogen and oxygen atoms in total. The maximum absolute atomic E-state index is 12.1. The predicted molar refractivity (Wildman–Crippen MR) is 109 cm³/mol. The lowest BCUT2D eigenvalue weighted by Crippen LogP contribution is -2.40. The van der Waals surface area contributed by atoms with Crippen LogP contribution in [0.4, 0.5) is 11.5 Å². The summed E-state index contributed by atoms with van der Waals surface area (Å²) in [5.74, 6) is 1.53. The summed E-state index contributed by atoms with van der Waals surface area (Å²) in [4.78, 5) is 35.0. The normalized spacial score (nSPS) is 23.1. The molecule has 0 aromatic carbocycles. The number of nitrogens with zero attached hydrogens (tertiary/aromatic N) is 4. The van der Waals surface area contributed by atoms with Gasteiger partial charge in [-0.05, 0) is 63.4 Å². The van der Waals surface area contributed by atoms with Gasteiger partial charge < -0.3 is 15.1 Å². The Kier molecular flexibility index (Phi) is 6.22. The second-order valence-corrected chi connectivity index (χ2v) is 8.19. The van der Waals surface area contributed by atoms with Crippen LogP contribution in [0, 0.1) is 5.92 Å². The van der Waals surface area contributed by atoms with Crippen LogP contribution in [0.1, 0.15) is 38.5 Å². The monoisotopic (exact) mass is 385 g/mol. The molecule has 3 fully saturated rings. The molecule has 1 aromatic rings. The number of carbonyl (C=O) groups excluding carboxylic acids is 2. The van der Waals surface area contributed by atoms with Crippen molar-refractivity contribution in [2.24, 2.45) is 5.92 Å². The third-order valence-electron chi connectivity index (χ3n) is 6.16. The fraction of sp³-hybridized carbons (Fsp3) is 0.667. The van der Waals surface area contributed by atoms with E-state index in [1.54, 1.807) is 6.20 Å². The second-order valence-electron chi connectivity index (χ2n) is 8.19. The Hall–Kier alpha value is -1.99. The smallest absolute Gasteiger partial charge is 0.233 e. The number of imide groups is 1. The van der Waals surface area contributed by atoms with Crippen LogP contribution >= 0.6 is 0 Å². The molecule has 28 heavy (non-hydrogen) atoms. The third kappa shape index (κ3) is 4.52. The van der Waals surface area contributed by atoms with Gasteiger partial charge in [-0.2, -0.15) is 0 Å². The molecule has 0 spiro atoms. The van der Waals surface area contributed by atoms with Gasteiger partial charge in [0.1, 0.15) is 5.82 Å². The van der Waals surface area contributed by atoms with Gasteiger partial charge in [-0.15, -0.1) is 0 Å². The predicted octanol–water partition coefficient (Wildman–Crippen LogP) is 1.64. The molecule has 7 heteroatoms. The first-order valence-corrected chi connectivity index (χ1v) is 10.7. The summed E-state index contributed by atoms with van der Waals surface area (Å²) < 4.78 is 0. The van der Waals surface area contributed by atoms with Crippen LogP contribution in [0.15, 0.2) is 18.3 Å². The quantitative estimate of drug-likeness (QED) is 0.795. The summed E-state index contributed by atoms with van der Waals surface area (Å²) in [5, 5.41) is 3.45. The number of amides is 2. The Labute approximate surface area is 167 Å². The molecule has 3 saturated heterocycles. The van der Waals surface area contributed by atoms with Gasteiger partial charge in [-0.1, -0.05) is 0 Å². The van der Waals surface area contributed by atoms with Gasteiger partial charge >= 0.3 is 0 Å². The molecular formula is C21H31N5O2. The first kappa shape index (κ1) is 19.3. The van der Waals surface area contributed by atoms with E-state index in [9.17, 15) is 9.59 Å². The minimum absolute atomic E-state index is 0.117. The Morgan fingerprint density at radius 2 is 1.75 bits per heavy atom. The molecule has 0 unspecified atom stereocenters. The Morgan fingerprint density at radius 1 is 0.964 bits per heavy atom.